The van der Waals surface area contributed by atoms with Gasteiger partial charge in [-0.15, -0.1) is 0 Å². The van der Waals surface area contributed by atoms with E-state index in [4.69, 9.17) is 0 Å². The summed E-state index contributed by atoms with van der Waals surface area (Å²) in [5.74, 6) is 2.04. The lowest BCUT2D eigenvalue weighted by Crippen LogP contribution is -2.11. The van der Waals surface area contributed by atoms with E-state index in [0.29, 0.717) is 0 Å². The third kappa shape index (κ3) is 3.34. The normalized spacial score (nSPS) is 27.0. The molecule has 0 bridgehead atoms. The Balaban J connectivity index is 2.10. The van der Waals surface area contributed by atoms with E-state index in [-0.39, 0.29) is 0 Å². The number of rotatable bonds is 4. The molecule has 0 aliphatic heterocycles. The van der Waals surface area contributed by atoms with Crippen LogP contribution in [0.1, 0.15) is 59.3 Å². The first kappa shape index (κ1) is 12.7. The van der Waals surface area contributed by atoms with Crippen molar-refractivity contribution in [2.75, 3.05) is 0 Å². The topological polar surface area (TPSA) is 0 Å². The molecule has 1 unspecified atom stereocenters. The lowest BCUT2D eigenvalue weighted by Gasteiger charge is -2.26. The van der Waals surface area contributed by atoms with E-state index < -0.39 is 0 Å². The van der Waals surface area contributed by atoms with E-state index in [1.54, 1.807) is 11.1 Å². The summed E-state index contributed by atoms with van der Waals surface area (Å²) in [6, 6.07) is 0. The maximum atomic E-state index is 2.35. The molecule has 0 aromatic carbocycles. The molecule has 0 aromatic rings. The fourth-order valence-electron chi connectivity index (χ4n) is 3.07. The summed E-state index contributed by atoms with van der Waals surface area (Å²) in [7, 11) is 0. The smallest absolute Gasteiger partial charge is 0.0247 e. The van der Waals surface area contributed by atoms with Gasteiger partial charge in [0.2, 0.25) is 0 Å². The molecule has 1 fully saturated rings. The summed E-state index contributed by atoms with van der Waals surface area (Å²) in [5.41, 5.74) is 4.72. The van der Waals surface area contributed by atoms with Gasteiger partial charge in [-0.05, 0) is 69.4 Å². The van der Waals surface area contributed by atoms with Crippen LogP contribution in [-0.4, -0.2) is 0 Å². The van der Waals surface area contributed by atoms with Crippen molar-refractivity contribution in [2.45, 2.75) is 59.3 Å². The maximum absolute atomic E-state index is 2.35. The van der Waals surface area contributed by atoms with Gasteiger partial charge in [-0.3, -0.25) is 0 Å². The highest BCUT2D eigenvalue weighted by Crippen LogP contribution is 2.42. The van der Waals surface area contributed by atoms with Crippen molar-refractivity contribution in [3.05, 3.63) is 34.9 Å². The van der Waals surface area contributed by atoms with Gasteiger partial charge in [0, 0.05) is 0 Å². The van der Waals surface area contributed by atoms with Crippen molar-refractivity contribution in [3.63, 3.8) is 0 Å². The first-order valence-electron chi connectivity index (χ1n) is 7.22. The van der Waals surface area contributed by atoms with Crippen molar-refractivity contribution in [3.8, 4) is 0 Å². The predicted octanol–water partition coefficient (Wildman–Crippen LogP) is 5.43. The molecule has 0 amide bonds. The monoisotopic (exact) mass is 230 g/mol. The van der Waals surface area contributed by atoms with E-state index >= 15 is 0 Å². The average molecular weight is 230 g/mol. The SMILES string of the molecule is C/C=C\C1=C(C(/C)=C/C)CCC(CC2CC2)C1. The second kappa shape index (κ2) is 5.71. The van der Waals surface area contributed by atoms with Crippen LogP contribution in [0.2, 0.25) is 0 Å². The van der Waals surface area contributed by atoms with Gasteiger partial charge in [0.25, 0.3) is 0 Å². The van der Waals surface area contributed by atoms with Gasteiger partial charge in [-0.1, -0.05) is 36.6 Å². The van der Waals surface area contributed by atoms with Crippen LogP contribution in [0.5, 0.6) is 0 Å². The Morgan fingerprint density at radius 1 is 1.18 bits per heavy atom. The molecule has 0 radical (unpaired) electrons. The molecular weight excluding hydrogens is 204 g/mol. The zero-order valence-electron chi connectivity index (χ0n) is 11.6. The fraction of sp³-hybridized carbons (Fsp3) is 0.647. The van der Waals surface area contributed by atoms with Crippen LogP contribution in [0.3, 0.4) is 0 Å². The van der Waals surface area contributed by atoms with Gasteiger partial charge in [-0.2, -0.15) is 0 Å². The Bertz CT molecular complexity index is 350. The van der Waals surface area contributed by atoms with Crippen LogP contribution in [-0.2, 0) is 0 Å². The van der Waals surface area contributed by atoms with Crippen molar-refractivity contribution in [1.82, 2.24) is 0 Å². The second-order valence-electron chi connectivity index (χ2n) is 5.76. The molecule has 0 saturated heterocycles. The Hall–Kier alpha value is -0.780. The van der Waals surface area contributed by atoms with Gasteiger partial charge in [-0.25, -0.2) is 0 Å². The van der Waals surface area contributed by atoms with Gasteiger partial charge in [0.1, 0.15) is 0 Å². The molecule has 0 aromatic heterocycles. The largest absolute Gasteiger partial charge is 0.0874 e. The number of hydrogen-bond acceptors (Lipinski definition) is 0. The molecule has 94 valence electrons. The van der Waals surface area contributed by atoms with E-state index in [9.17, 15) is 0 Å². The zero-order valence-corrected chi connectivity index (χ0v) is 11.6. The Kier molecular flexibility index (Phi) is 4.25. The lowest BCUT2D eigenvalue weighted by molar-refractivity contribution is 0.407. The molecule has 17 heavy (non-hydrogen) atoms. The molecule has 0 spiro atoms. The Morgan fingerprint density at radius 2 is 1.94 bits per heavy atom. The fourth-order valence-corrected chi connectivity index (χ4v) is 3.07. The standard InChI is InChI=1S/C17H26/c1-4-6-16-12-15(11-14-7-8-14)9-10-17(16)13(3)5-2/h4-6,14-15H,7-12H2,1-3H3/b6-4-,13-5+. The van der Waals surface area contributed by atoms with Crippen LogP contribution in [0.15, 0.2) is 34.9 Å². The van der Waals surface area contributed by atoms with Crippen LogP contribution in [0, 0.1) is 11.8 Å². The molecule has 0 N–H and O–H groups in total. The molecule has 2 rings (SSSR count). The Labute approximate surface area is 106 Å². The van der Waals surface area contributed by atoms with Gasteiger partial charge in [0.15, 0.2) is 0 Å². The minimum absolute atomic E-state index is 0.960. The molecule has 0 heteroatoms. The predicted molar refractivity (Wildman–Crippen MR) is 76.0 cm³/mol. The highest BCUT2D eigenvalue weighted by Gasteiger charge is 2.28. The summed E-state index contributed by atoms with van der Waals surface area (Å²) in [6.07, 6.45) is 15.3. The summed E-state index contributed by atoms with van der Waals surface area (Å²) in [5, 5.41) is 0. The summed E-state index contributed by atoms with van der Waals surface area (Å²) in [6.45, 7) is 6.56. The Morgan fingerprint density at radius 3 is 2.53 bits per heavy atom. The molecule has 2 aliphatic carbocycles. The molecule has 0 heterocycles. The summed E-state index contributed by atoms with van der Waals surface area (Å²) in [4.78, 5) is 0. The number of hydrogen-bond donors (Lipinski definition) is 0. The van der Waals surface area contributed by atoms with Crippen LogP contribution in [0.4, 0.5) is 0 Å². The van der Waals surface area contributed by atoms with E-state index in [1.807, 2.05) is 0 Å². The highest BCUT2D eigenvalue weighted by molar-refractivity contribution is 5.40. The molecule has 1 saturated carbocycles. The molecule has 0 nitrogen and oxygen atoms in total. The van der Waals surface area contributed by atoms with E-state index in [1.165, 1.54) is 44.1 Å². The van der Waals surface area contributed by atoms with Crippen LogP contribution in [0.25, 0.3) is 0 Å². The summed E-state index contributed by atoms with van der Waals surface area (Å²) < 4.78 is 0. The lowest BCUT2D eigenvalue weighted by atomic mass is 9.79. The third-order valence-corrected chi connectivity index (χ3v) is 4.34. The highest BCUT2D eigenvalue weighted by atomic mass is 14.3. The third-order valence-electron chi connectivity index (χ3n) is 4.34. The first-order valence-corrected chi connectivity index (χ1v) is 7.22. The minimum atomic E-state index is 0.960. The van der Waals surface area contributed by atoms with Gasteiger partial charge >= 0.3 is 0 Å². The van der Waals surface area contributed by atoms with E-state index in [0.717, 1.165) is 11.8 Å². The van der Waals surface area contributed by atoms with Crippen molar-refractivity contribution < 1.29 is 0 Å². The van der Waals surface area contributed by atoms with Crippen molar-refractivity contribution in [2.24, 2.45) is 11.8 Å². The van der Waals surface area contributed by atoms with Gasteiger partial charge in [0.05, 0.1) is 0 Å². The van der Waals surface area contributed by atoms with Crippen molar-refractivity contribution >= 4 is 0 Å². The molecule has 2 aliphatic rings. The average Bonchev–Trinajstić information content (AvgIpc) is 3.13. The first-order chi connectivity index (χ1) is 8.24. The van der Waals surface area contributed by atoms with E-state index in [2.05, 4.69) is 39.0 Å². The van der Waals surface area contributed by atoms with Crippen LogP contribution >= 0.6 is 0 Å². The molecule has 1 atom stereocenters. The summed E-state index contributed by atoms with van der Waals surface area (Å²) >= 11 is 0. The van der Waals surface area contributed by atoms with Crippen LogP contribution < -0.4 is 0 Å². The maximum Gasteiger partial charge on any atom is -0.0247 e. The number of allylic oxidation sites excluding steroid dienone is 6. The van der Waals surface area contributed by atoms with Gasteiger partial charge < -0.3 is 0 Å². The minimum Gasteiger partial charge on any atom is -0.0874 e. The van der Waals surface area contributed by atoms with Crippen molar-refractivity contribution in [1.29, 1.82) is 0 Å². The quantitative estimate of drug-likeness (QED) is 0.604. The zero-order chi connectivity index (χ0) is 12.3. The molecular formula is C17H26. The second-order valence-corrected chi connectivity index (χ2v) is 5.76.